The summed E-state index contributed by atoms with van der Waals surface area (Å²) in [6, 6.07) is 5.23. The molecule has 2 heterocycles. The lowest BCUT2D eigenvalue weighted by atomic mass is 9.92. The van der Waals surface area contributed by atoms with E-state index in [0.29, 0.717) is 22.4 Å². The van der Waals surface area contributed by atoms with Crippen LogP contribution in [0.3, 0.4) is 0 Å². The van der Waals surface area contributed by atoms with Gasteiger partial charge in [0.25, 0.3) is 5.91 Å². The number of aromatic nitrogens is 1. The molecule has 1 aromatic carbocycles. The van der Waals surface area contributed by atoms with Crippen LogP contribution < -0.4 is 5.32 Å². The molecule has 2 aromatic rings. The molecule has 1 saturated heterocycles. The fourth-order valence-electron chi connectivity index (χ4n) is 3.24. The van der Waals surface area contributed by atoms with Crippen LogP contribution in [0.5, 0.6) is 0 Å². The van der Waals surface area contributed by atoms with Gasteiger partial charge in [-0.1, -0.05) is 13.0 Å². The predicted molar refractivity (Wildman–Crippen MR) is 100 cm³/mol. The second-order valence-electron chi connectivity index (χ2n) is 6.89. The van der Waals surface area contributed by atoms with Crippen LogP contribution in [0.2, 0.25) is 0 Å². The first-order valence-electron chi connectivity index (χ1n) is 8.68. The van der Waals surface area contributed by atoms with E-state index in [-0.39, 0.29) is 17.8 Å². The molecule has 2 atom stereocenters. The number of nitrogens with one attached hydrogen (secondary N) is 1. The van der Waals surface area contributed by atoms with E-state index < -0.39 is 0 Å². The number of amides is 1. The Bertz CT molecular complexity index is 789. The molecule has 3 rings (SSSR count). The molecule has 1 N–H and O–H groups in total. The van der Waals surface area contributed by atoms with Crippen LogP contribution in [-0.2, 0) is 0 Å². The zero-order valence-corrected chi connectivity index (χ0v) is 15.9. The maximum Gasteiger partial charge on any atom is 0.273 e. The van der Waals surface area contributed by atoms with E-state index in [1.54, 1.807) is 6.07 Å². The Morgan fingerprint density at radius 2 is 2.12 bits per heavy atom. The largest absolute Gasteiger partial charge is 0.334 e. The molecule has 1 fully saturated rings. The number of nitrogens with zero attached hydrogens (tertiary/aromatic N) is 2. The summed E-state index contributed by atoms with van der Waals surface area (Å²) in [5, 5.41) is 3.54. The summed E-state index contributed by atoms with van der Waals surface area (Å²) in [6.45, 7) is 8.80. The van der Waals surface area contributed by atoms with Crippen molar-refractivity contribution >= 4 is 28.1 Å². The summed E-state index contributed by atoms with van der Waals surface area (Å²) >= 11 is 1.38. The quantitative estimate of drug-likeness (QED) is 0.845. The monoisotopic (exact) mass is 361 g/mol. The van der Waals surface area contributed by atoms with Crippen LogP contribution in [0.25, 0.3) is 0 Å². The van der Waals surface area contributed by atoms with Gasteiger partial charge in [0.1, 0.15) is 11.5 Å². The summed E-state index contributed by atoms with van der Waals surface area (Å²) < 4.78 is 14.0. The second kappa shape index (κ2) is 7.12. The smallest absolute Gasteiger partial charge is 0.273 e. The second-order valence-corrected chi connectivity index (χ2v) is 8.09. The first kappa shape index (κ1) is 17.9. The van der Waals surface area contributed by atoms with Gasteiger partial charge in [-0.05, 0) is 57.2 Å². The molecule has 0 spiro atoms. The van der Waals surface area contributed by atoms with Crippen LogP contribution in [-0.4, -0.2) is 28.4 Å². The normalized spacial score (nSPS) is 20.6. The van der Waals surface area contributed by atoms with E-state index in [9.17, 15) is 9.18 Å². The van der Waals surface area contributed by atoms with Crippen molar-refractivity contribution in [3.05, 3.63) is 40.2 Å². The third-order valence-electron chi connectivity index (χ3n) is 5.00. The van der Waals surface area contributed by atoms with Crippen LogP contribution in [0, 0.1) is 25.6 Å². The number of piperidine rings is 1. The number of aryl methyl sites for hydroxylation is 2. The number of hydrogen-bond acceptors (Lipinski definition) is 4. The topological polar surface area (TPSA) is 45.2 Å². The molecule has 25 heavy (non-hydrogen) atoms. The van der Waals surface area contributed by atoms with Gasteiger partial charge >= 0.3 is 0 Å². The molecular formula is C19H24FN3OS. The number of anilines is 2. The Morgan fingerprint density at radius 3 is 2.84 bits per heavy atom. The van der Waals surface area contributed by atoms with Gasteiger partial charge in [-0.3, -0.25) is 4.79 Å². The minimum Gasteiger partial charge on any atom is -0.334 e. The minimum atomic E-state index is -0.320. The Morgan fingerprint density at radius 1 is 1.36 bits per heavy atom. The van der Waals surface area contributed by atoms with Crippen molar-refractivity contribution in [3.8, 4) is 0 Å². The van der Waals surface area contributed by atoms with Crippen molar-refractivity contribution < 1.29 is 9.18 Å². The molecule has 134 valence electrons. The number of hydrogen-bond donors (Lipinski definition) is 1. The molecule has 0 radical (unpaired) electrons. The van der Waals surface area contributed by atoms with E-state index in [4.69, 9.17) is 0 Å². The SMILES string of the molecule is Cc1ccc(Nc2nc(C(=O)N3CCCC(C)C3C)c(C)s2)c(F)c1. The number of benzene rings is 1. The highest BCUT2D eigenvalue weighted by molar-refractivity contribution is 7.15. The maximum atomic E-state index is 14.0. The summed E-state index contributed by atoms with van der Waals surface area (Å²) in [7, 11) is 0. The van der Waals surface area contributed by atoms with Crippen LogP contribution in [0.1, 0.15) is 47.6 Å². The average Bonchev–Trinajstić information content (AvgIpc) is 2.93. The lowest BCUT2D eigenvalue weighted by Gasteiger charge is -2.37. The Hall–Kier alpha value is -1.95. The summed E-state index contributed by atoms with van der Waals surface area (Å²) in [6.07, 6.45) is 2.18. The van der Waals surface area contributed by atoms with Crippen LogP contribution in [0.4, 0.5) is 15.2 Å². The predicted octanol–water partition coefficient (Wildman–Crippen LogP) is 4.90. The van der Waals surface area contributed by atoms with Gasteiger partial charge in [0.15, 0.2) is 5.13 Å². The first-order chi connectivity index (χ1) is 11.9. The molecule has 0 aliphatic carbocycles. The van der Waals surface area contributed by atoms with E-state index >= 15 is 0 Å². The summed E-state index contributed by atoms with van der Waals surface area (Å²) in [4.78, 5) is 20.2. The number of carbonyl (C=O) groups excluding carboxylic acids is 1. The molecule has 2 unspecified atom stereocenters. The zero-order chi connectivity index (χ0) is 18.1. The van der Waals surface area contributed by atoms with Crippen molar-refractivity contribution in [2.75, 3.05) is 11.9 Å². The lowest BCUT2D eigenvalue weighted by molar-refractivity contribution is 0.0545. The van der Waals surface area contributed by atoms with E-state index in [0.717, 1.165) is 29.8 Å². The highest BCUT2D eigenvalue weighted by Gasteiger charge is 2.31. The molecule has 0 saturated carbocycles. The number of rotatable bonds is 3. The van der Waals surface area contributed by atoms with Crippen LogP contribution in [0.15, 0.2) is 18.2 Å². The Balaban J connectivity index is 1.81. The standard InChI is InChI=1S/C19H24FN3OS/c1-11-7-8-16(15(20)10-11)21-19-22-17(14(4)25-19)18(24)23-9-5-6-12(2)13(23)3/h7-8,10,12-13H,5-6,9H2,1-4H3,(H,21,22). The molecule has 0 bridgehead atoms. The first-order valence-corrected chi connectivity index (χ1v) is 9.50. The molecule has 1 aromatic heterocycles. The highest BCUT2D eigenvalue weighted by atomic mass is 32.1. The summed E-state index contributed by atoms with van der Waals surface area (Å²) in [5.74, 6) is 0.153. The van der Waals surface area contributed by atoms with Gasteiger partial charge < -0.3 is 10.2 Å². The number of thiazole rings is 1. The van der Waals surface area contributed by atoms with E-state index in [1.165, 1.54) is 17.4 Å². The Labute approximate surface area is 152 Å². The zero-order valence-electron chi connectivity index (χ0n) is 15.1. The number of carbonyl (C=O) groups is 1. The fraction of sp³-hybridized carbons (Fsp3) is 0.474. The molecule has 6 heteroatoms. The van der Waals surface area contributed by atoms with Gasteiger partial charge in [0.2, 0.25) is 0 Å². The third kappa shape index (κ3) is 3.68. The number of likely N-dealkylation sites (tertiary alicyclic amines) is 1. The molecule has 4 nitrogen and oxygen atoms in total. The van der Waals surface area contributed by atoms with Gasteiger partial charge in [-0.2, -0.15) is 0 Å². The number of halogens is 1. The average molecular weight is 361 g/mol. The van der Waals surface area contributed by atoms with E-state index in [2.05, 4.69) is 24.1 Å². The van der Waals surface area contributed by atoms with Gasteiger partial charge in [-0.25, -0.2) is 9.37 Å². The van der Waals surface area contributed by atoms with Crippen molar-refractivity contribution in [1.29, 1.82) is 0 Å². The van der Waals surface area contributed by atoms with Gasteiger partial charge in [0.05, 0.1) is 5.69 Å². The molecular weight excluding hydrogens is 337 g/mol. The minimum absolute atomic E-state index is 0.0229. The Kier molecular flexibility index (Phi) is 5.08. The molecule has 1 amide bonds. The fourth-order valence-corrected chi connectivity index (χ4v) is 4.06. The van der Waals surface area contributed by atoms with Crippen molar-refractivity contribution in [2.45, 2.75) is 46.6 Å². The van der Waals surface area contributed by atoms with Crippen molar-refractivity contribution in [2.24, 2.45) is 5.92 Å². The lowest BCUT2D eigenvalue weighted by Crippen LogP contribution is -2.46. The highest BCUT2D eigenvalue weighted by Crippen LogP contribution is 2.30. The summed E-state index contributed by atoms with van der Waals surface area (Å²) in [5.41, 5.74) is 1.71. The molecule has 1 aliphatic rings. The van der Waals surface area contributed by atoms with Crippen molar-refractivity contribution in [1.82, 2.24) is 9.88 Å². The maximum absolute atomic E-state index is 14.0. The van der Waals surface area contributed by atoms with Crippen molar-refractivity contribution in [3.63, 3.8) is 0 Å². The van der Waals surface area contributed by atoms with E-state index in [1.807, 2.05) is 24.8 Å². The van der Waals surface area contributed by atoms with Gasteiger partial charge in [0, 0.05) is 17.5 Å². The van der Waals surface area contributed by atoms with Crippen LogP contribution >= 0.6 is 11.3 Å². The van der Waals surface area contributed by atoms with Gasteiger partial charge in [-0.15, -0.1) is 11.3 Å². The third-order valence-corrected chi connectivity index (χ3v) is 5.89. The molecule has 1 aliphatic heterocycles.